The lowest BCUT2D eigenvalue weighted by molar-refractivity contribution is 0.0921. The number of hydrogen-bond acceptors (Lipinski definition) is 5. The molecule has 1 saturated heterocycles. The second-order valence-electron chi connectivity index (χ2n) is 8.53. The predicted octanol–water partition coefficient (Wildman–Crippen LogP) is 3.87. The van der Waals surface area contributed by atoms with Gasteiger partial charge in [-0.1, -0.05) is 11.6 Å². The maximum Gasteiger partial charge on any atom is 0.276 e. The van der Waals surface area contributed by atoms with Gasteiger partial charge in [-0.3, -0.25) is 19.3 Å². The maximum absolute atomic E-state index is 13.5. The Morgan fingerprint density at radius 3 is 2.43 bits per heavy atom. The second-order valence-corrected chi connectivity index (χ2v) is 8.94. The number of nitrogens with one attached hydrogen (secondary N) is 4. The minimum atomic E-state index is -0.842. The largest absolute Gasteiger partial charge is 0.349 e. The number of hydrogen-bond donors (Lipinski definition) is 4. The molecule has 12 heteroatoms. The monoisotopic (exact) mass is 530 g/mol. The SMILES string of the molecule is O=C(Nc1ccc(NC(=O)c2nc[nH]c2C(=O)NCCN2CCC[C@H](F)C2)cc1)c1ccc(F)cc1Cl. The Labute approximate surface area is 216 Å². The van der Waals surface area contributed by atoms with E-state index in [2.05, 4.69) is 25.9 Å². The van der Waals surface area contributed by atoms with Crippen molar-refractivity contribution in [1.29, 1.82) is 0 Å². The van der Waals surface area contributed by atoms with Gasteiger partial charge in [-0.25, -0.2) is 13.8 Å². The van der Waals surface area contributed by atoms with Crippen LogP contribution < -0.4 is 16.0 Å². The highest BCUT2D eigenvalue weighted by Crippen LogP contribution is 2.20. The van der Waals surface area contributed by atoms with Crippen LogP contribution in [-0.4, -0.2) is 64.9 Å². The molecule has 0 unspecified atom stereocenters. The first-order chi connectivity index (χ1) is 17.8. The lowest BCUT2D eigenvalue weighted by Crippen LogP contribution is -2.41. The van der Waals surface area contributed by atoms with E-state index in [0.29, 0.717) is 37.4 Å². The fourth-order valence-electron chi connectivity index (χ4n) is 3.96. The van der Waals surface area contributed by atoms with Crippen molar-refractivity contribution in [3.05, 3.63) is 76.6 Å². The van der Waals surface area contributed by atoms with E-state index in [1.165, 1.54) is 12.4 Å². The third-order valence-corrected chi connectivity index (χ3v) is 6.13. The molecule has 9 nitrogen and oxygen atoms in total. The molecule has 0 spiro atoms. The minimum absolute atomic E-state index is 0.0135. The van der Waals surface area contributed by atoms with Gasteiger partial charge in [0.1, 0.15) is 17.7 Å². The maximum atomic E-state index is 13.5. The molecule has 3 aromatic rings. The molecule has 3 amide bonds. The van der Waals surface area contributed by atoms with Crippen molar-refractivity contribution in [2.45, 2.75) is 19.0 Å². The molecule has 1 aromatic heterocycles. The fraction of sp³-hybridized carbons (Fsp3) is 0.280. The Balaban J connectivity index is 1.31. The van der Waals surface area contributed by atoms with Gasteiger partial charge >= 0.3 is 0 Å². The average Bonchev–Trinajstić information content (AvgIpc) is 3.36. The van der Waals surface area contributed by atoms with Crippen LogP contribution in [0.15, 0.2) is 48.8 Å². The lowest BCUT2D eigenvalue weighted by Gasteiger charge is -2.28. The zero-order valence-corrected chi connectivity index (χ0v) is 20.4. The Morgan fingerprint density at radius 1 is 1.05 bits per heavy atom. The third-order valence-electron chi connectivity index (χ3n) is 5.82. The van der Waals surface area contributed by atoms with Crippen LogP contribution in [0.5, 0.6) is 0 Å². The van der Waals surface area contributed by atoms with E-state index in [0.717, 1.165) is 25.1 Å². The molecule has 0 aliphatic carbocycles. The van der Waals surface area contributed by atoms with E-state index < -0.39 is 29.7 Å². The first kappa shape index (κ1) is 26.2. The molecule has 0 radical (unpaired) electrons. The number of rotatable bonds is 8. The van der Waals surface area contributed by atoms with E-state index in [1.54, 1.807) is 24.3 Å². The Kier molecular flexibility index (Phi) is 8.47. The van der Waals surface area contributed by atoms with Gasteiger partial charge in [0.15, 0.2) is 5.69 Å². The van der Waals surface area contributed by atoms with Gasteiger partial charge in [-0.2, -0.15) is 0 Å². The van der Waals surface area contributed by atoms with E-state index in [9.17, 15) is 23.2 Å². The second kappa shape index (κ2) is 11.9. The highest BCUT2D eigenvalue weighted by atomic mass is 35.5. The molecule has 1 aliphatic heterocycles. The van der Waals surface area contributed by atoms with Crippen molar-refractivity contribution in [1.82, 2.24) is 20.2 Å². The number of aromatic amines is 1. The molecule has 1 aliphatic rings. The molecule has 4 rings (SSSR count). The fourth-order valence-corrected chi connectivity index (χ4v) is 4.21. The Morgan fingerprint density at radius 2 is 1.76 bits per heavy atom. The summed E-state index contributed by atoms with van der Waals surface area (Å²) in [4.78, 5) is 46.3. The number of aromatic nitrogens is 2. The number of carbonyl (C=O) groups excluding carboxylic acids is 3. The highest BCUT2D eigenvalue weighted by Gasteiger charge is 2.22. The molecular weight excluding hydrogens is 506 g/mol. The number of nitrogens with zero attached hydrogens (tertiary/aromatic N) is 2. The van der Waals surface area contributed by atoms with Gasteiger partial charge in [-0.05, 0) is 61.9 Å². The summed E-state index contributed by atoms with van der Waals surface area (Å²) in [6.07, 6.45) is 1.76. The van der Waals surface area contributed by atoms with Gasteiger partial charge in [0.25, 0.3) is 17.7 Å². The number of H-pyrrole nitrogens is 1. The summed E-state index contributed by atoms with van der Waals surface area (Å²) in [6.45, 7) is 1.96. The molecule has 0 saturated carbocycles. The number of benzene rings is 2. The molecular formula is C25H25ClF2N6O3. The Bertz CT molecular complexity index is 1280. The number of imidazole rings is 1. The van der Waals surface area contributed by atoms with Crippen LogP contribution in [0.1, 0.15) is 44.2 Å². The van der Waals surface area contributed by atoms with Gasteiger partial charge in [0.05, 0.1) is 16.9 Å². The number of halogens is 3. The van der Waals surface area contributed by atoms with Crippen LogP contribution in [0.3, 0.4) is 0 Å². The number of alkyl halides is 1. The van der Waals surface area contributed by atoms with Crippen molar-refractivity contribution in [2.24, 2.45) is 0 Å². The standard InChI is InChI=1S/C25H25ClF2N6O3/c26-20-12-15(27)3-8-19(20)23(35)32-17-4-6-18(7-5-17)33-25(37)22-21(30-14-31-22)24(36)29-9-11-34-10-1-2-16(28)13-34/h3-8,12,14,16H,1-2,9-11,13H2,(H,29,36)(H,30,31)(H,32,35)(H,33,37)/t16-/m0/s1. The van der Waals surface area contributed by atoms with Crippen LogP contribution in [0.4, 0.5) is 20.2 Å². The number of carbonyl (C=O) groups is 3. The summed E-state index contributed by atoms with van der Waals surface area (Å²) in [6, 6.07) is 9.71. The van der Waals surface area contributed by atoms with Crippen LogP contribution in [0.2, 0.25) is 5.02 Å². The minimum Gasteiger partial charge on any atom is -0.349 e. The first-order valence-electron chi connectivity index (χ1n) is 11.7. The van der Waals surface area contributed by atoms with E-state index >= 15 is 0 Å². The van der Waals surface area contributed by atoms with Gasteiger partial charge in [-0.15, -0.1) is 0 Å². The molecule has 4 N–H and O–H groups in total. The normalized spacial score (nSPS) is 15.7. The van der Waals surface area contributed by atoms with Crippen molar-refractivity contribution in [3.63, 3.8) is 0 Å². The molecule has 2 aromatic carbocycles. The molecule has 37 heavy (non-hydrogen) atoms. The third kappa shape index (κ3) is 6.89. The number of likely N-dealkylation sites (tertiary alicyclic amines) is 1. The first-order valence-corrected chi connectivity index (χ1v) is 12.0. The van der Waals surface area contributed by atoms with Gasteiger partial charge in [0, 0.05) is 31.0 Å². The van der Waals surface area contributed by atoms with Crippen molar-refractivity contribution >= 4 is 40.7 Å². The summed E-state index contributed by atoms with van der Waals surface area (Å²) >= 11 is 5.92. The molecule has 194 valence electrons. The van der Waals surface area contributed by atoms with Gasteiger partial charge < -0.3 is 20.9 Å². The summed E-state index contributed by atoms with van der Waals surface area (Å²) in [5.41, 5.74) is 0.883. The topological polar surface area (TPSA) is 119 Å². The van der Waals surface area contributed by atoms with Crippen molar-refractivity contribution in [2.75, 3.05) is 36.8 Å². The summed E-state index contributed by atoms with van der Waals surface area (Å²) in [5, 5.41) is 8.01. The number of anilines is 2. The quantitative estimate of drug-likeness (QED) is 0.352. The zero-order chi connectivity index (χ0) is 26.4. The molecule has 2 heterocycles. The average molecular weight is 531 g/mol. The molecule has 1 atom stereocenters. The predicted molar refractivity (Wildman–Crippen MR) is 135 cm³/mol. The van der Waals surface area contributed by atoms with Crippen LogP contribution in [0.25, 0.3) is 0 Å². The molecule has 0 bridgehead atoms. The van der Waals surface area contributed by atoms with E-state index in [4.69, 9.17) is 11.6 Å². The summed E-state index contributed by atoms with van der Waals surface area (Å²) < 4.78 is 26.7. The number of amides is 3. The smallest absolute Gasteiger partial charge is 0.276 e. The van der Waals surface area contributed by atoms with Crippen molar-refractivity contribution < 1.29 is 23.2 Å². The van der Waals surface area contributed by atoms with Crippen LogP contribution in [-0.2, 0) is 0 Å². The summed E-state index contributed by atoms with van der Waals surface area (Å²) in [5.74, 6) is -2.15. The Hall–Kier alpha value is -3.83. The molecule has 1 fully saturated rings. The lowest BCUT2D eigenvalue weighted by atomic mass is 10.1. The summed E-state index contributed by atoms with van der Waals surface area (Å²) in [7, 11) is 0. The highest BCUT2D eigenvalue weighted by molar-refractivity contribution is 6.34. The van der Waals surface area contributed by atoms with Gasteiger partial charge in [0.2, 0.25) is 0 Å². The van der Waals surface area contributed by atoms with Crippen LogP contribution in [0, 0.1) is 5.82 Å². The van der Waals surface area contributed by atoms with Crippen LogP contribution >= 0.6 is 11.6 Å². The zero-order valence-electron chi connectivity index (χ0n) is 19.7. The van der Waals surface area contributed by atoms with Crippen molar-refractivity contribution in [3.8, 4) is 0 Å². The van der Waals surface area contributed by atoms with E-state index in [1.807, 2.05) is 4.90 Å². The number of piperidine rings is 1. The van der Waals surface area contributed by atoms with E-state index in [-0.39, 0.29) is 22.0 Å².